The van der Waals surface area contributed by atoms with Gasteiger partial charge in [0.2, 0.25) is 5.95 Å². The van der Waals surface area contributed by atoms with Crippen molar-refractivity contribution in [2.45, 2.75) is 69.5 Å². The average molecular weight is 478 g/mol. The summed E-state index contributed by atoms with van der Waals surface area (Å²) < 4.78 is 40.7. The molecule has 1 saturated carbocycles. The van der Waals surface area contributed by atoms with Gasteiger partial charge in [0.25, 0.3) is 0 Å². The van der Waals surface area contributed by atoms with E-state index in [4.69, 9.17) is 12.2 Å². The van der Waals surface area contributed by atoms with E-state index in [2.05, 4.69) is 32.7 Å². The first-order chi connectivity index (χ1) is 15.8. The lowest BCUT2D eigenvalue weighted by Crippen LogP contribution is -2.41. The molecule has 0 unspecified atom stereocenters. The third-order valence-electron chi connectivity index (χ3n) is 6.86. The quantitative estimate of drug-likeness (QED) is 0.541. The molecule has 33 heavy (non-hydrogen) atoms. The summed E-state index contributed by atoms with van der Waals surface area (Å²) in [5, 5.41) is 6.27. The van der Waals surface area contributed by atoms with Crippen LogP contribution in [0.1, 0.15) is 63.1 Å². The predicted octanol–water partition coefficient (Wildman–Crippen LogP) is 5.67. The normalized spacial score (nSPS) is 20.5. The van der Waals surface area contributed by atoms with Gasteiger partial charge in [0.1, 0.15) is 5.82 Å². The maximum absolute atomic E-state index is 13.6. The summed E-state index contributed by atoms with van der Waals surface area (Å²) in [6, 6.07) is 11.5. The van der Waals surface area contributed by atoms with Gasteiger partial charge in [0.15, 0.2) is 10.8 Å². The van der Waals surface area contributed by atoms with Crippen molar-refractivity contribution in [2.24, 2.45) is 0 Å². The van der Waals surface area contributed by atoms with Crippen molar-refractivity contribution in [3.8, 4) is 0 Å². The Bertz CT molecular complexity index is 960. The smallest absolute Gasteiger partial charge is 0.361 e. The third-order valence-corrected chi connectivity index (χ3v) is 7.11. The highest BCUT2D eigenvalue weighted by atomic mass is 32.1. The highest BCUT2D eigenvalue weighted by Crippen LogP contribution is 2.40. The monoisotopic (exact) mass is 477 g/mol. The van der Waals surface area contributed by atoms with Crippen LogP contribution in [0.4, 0.5) is 24.9 Å². The molecule has 0 amide bonds. The highest BCUT2D eigenvalue weighted by molar-refractivity contribution is 7.80. The summed E-state index contributed by atoms with van der Waals surface area (Å²) in [5.74, 6) is 0.154. The summed E-state index contributed by atoms with van der Waals surface area (Å²) in [4.78, 5) is 10.0. The molecule has 9 heteroatoms. The molecule has 2 aliphatic rings. The molecule has 5 nitrogen and oxygen atoms in total. The van der Waals surface area contributed by atoms with Crippen LogP contribution in [0.15, 0.2) is 36.4 Å². The summed E-state index contributed by atoms with van der Waals surface area (Å²) in [6.07, 6.45) is 2.74. The minimum absolute atomic E-state index is 0.0317. The number of hydrogen-bond acceptors (Lipinski definition) is 4. The molecule has 2 N–H and O–H groups in total. The molecule has 2 heterocycles. The van der Waals surface area contributed by atoms with Crippen molar-refractivity contribution >= 4 is 29.1 Å². The molecule has 1 aromatic carbocycles. The second-order valence-corrected chi connectivity index (χ2v) is 9.54. The Morgan fingerprint density at radius 2 is 1.85 bits per heavy atom. The van der Waals surface area contributed by atoms with Gasteiger partial charge in [-0.15, -0.1) is 0 Å². The van der Waals surface area contributed by atoms with E-state index in [0.29, 0.717) is 13.1 Å². The molecule has 1 aromatic heterocycles. The van der Waals surface area contributed by atoms with E-state index in [1.54, 1.807) is 0 Å². The van der Waals surface area contributed by atoms with Gasteiger partial charge in [-0.2, -0.15) is 18.2 Å². The minimum atomic E-state index is -4.57. The zero-order chi connectivity index (χ0) is 23.5. The SMILES string of the molecule is C[C@H]1CCCCN1c1cc(C(F)(F)F)nc(NC(=S)NCC2(c3ccccc3)CCCC2)n1. The Kier molecular flexibility index (Phi) is 7.07. The van der Waals surface area contributed by atoms with Crippen LogP contribution >= 0.6 is 12.2 Å². The maximum atomic E-state index is 13.6. The molecular weight excluding hydrogens is 447 g/mol. The number of thiocarbonyl (C=S) groups is 1. The van der Waals surface area contributed by atoms with Gasteiger partial charge in [-0.3, -0.25) is 0 Å². The number of hydrogen-bond donors (Lipinski definition) is 2. The van der Waals surface area contributed by atoms with Crippen LogP contribution in [-0.2, 0) is 11.6 Å². The lowest BCUT2D eigenvalue weighted by atomic mass is 9.79. The zero-order valence-corrected chi connectivity index (χ0v) is 19.6. The largest absolute Gasteiger partial charge is 0.433 e. The number of rotatable bonds is 5. The van der Waals surface area contributed by atoms with Crippen molar-refractivity contribution in [2.75, 3.05) is 23.3 Å². The molecule has 0 bridgehead atoms. The first-order valence-electron chi connectivity index (χ1n) is 11.6. The summed E-state index contributed by atoms with van der Waals surface area (Å²) >= 11 is 5.43. The number of halogens is 3. The Hall–Kier alpha value is -2.42. The molecule has 2 aromatic rings. The fourth-order valence-electron chi connectivity index (χ4n) is 5.03. The molecule has 2 fully saturated rings. The highest BCUT2D eigenvalue weighted by Gasteiger charge is 2.36. The molecule has 1 aliphatic carbocycles. The Morgan fingerprint density at radius 3 is 2.52 bits per heavy atom. The van der Waals surface area contributed by atoms with Crippen LogP contribution in [0.25, 0.3) is 0 Å². The number of nitrogens with zero attached hydrogens (tertiary/aromatic N) is 3. The van der Waals surface area contributed by atoms with E-state index < -0.39 is 11.9 Å². The van der Waals surface area contributed by atoms with Gasteiger partial charge in [-0.25, -0.2) is 4.98 Å². The van der Waals surface area contributed by atoms with Gasteiger partial charge in [-0.05, 0) is 56.8 Å². The maximum Gasteiger partial charge on any atom is 0.433 e. The Labute approximate surface area is 198 Å². The fourth-order valence-corrected chi connectivity index (χ4v) is 5.19. The van der Waals surface area contributed by atoms with Gasteiger partial charge in [0, 0.05) is 30.6 Å². The molecule has 1 aliphatic heterocycles. The van der Waals surface area contributed by atoms with Crippen LogP contribution in [0.3, 0.4) is 0 Å². The summed E-state index contributed by atoms with van der Waals surface area (Å²) in [5.41, 5.74) is 0.261. The molecule has 0 radical (unpaired) electrons. The first kappa shape index (κ1) is 23.7. The van der Waals surface area contributed by atoms with Crippen LogP contribution in [0, 0.1) is 0 Å². The van der Waals surface area contributed by atoms with Crippen LogP contribution in [-0.4, -0.2) is 34.2 Å². The van der Waals surface area contributed by atoms with Crippen LogP contribution in [0.5, 0.6) is 0 Å². The first-order valence-corrected chi connectivity index (χ1v) is 12.0. The van der Waals surface area contributed by atoms with Crippen molar-refractivity contribution in [3.63, 3.8) is 0 Å². The predicted molar refractivity (Wildman–Crippen MR) is 129 cm³/mol. The Morgan fingerprint density at radius 1 is 1.12 bits per heavy atom. The van der Waals surface area contributed by atoms with Gasteiger partial charge >= 0.3 is 6.18 Å². The number of alkyl halides is 3. The number of anilines is 2. The molecule has 1 atom stereocenters. The molecular formula is C24H30F3N5S. The zero-order valence-electron chi connectivity index (χ0n) is 18.8. The van der Waals surface area contributed by atoms with E-state index in [1.165, 1.54) is 5.56 Å². The van der Waals surface area contributed by atoms with E-state index in [0.717, 1.165) is 51.0 Å². The van der Waals surface area contributed by atoms with Crippen molar-refractivity contribution in [1.29, 1.82) is 0 Å². The fraction of sp³-hybridized carbons (Fsp3) is 0.542. The molecule has 1 saturated heterocycles. The van der Waals surface area contributed by atoms with Crippen molar-refractivity contribution in [3.05, 3.63) is 47.7 Å². The minimum Gasteiger partial charge on any atom is -0.361 e. The van der Waals surface area contributed by atoms with Gasteiger partial charge < -0.3 is 15.5 Å². The second kappa shape index (κ2) is 9.83. The average Bonchev–Trinajstić information content (AvgIpc) is 3.28. The second-order valence-electron chi connectivity index (χ2n) is 9.13. The lowest BCUT2D eigenvalue weighted by molar-refractivity contribution is -0.141. The van der Waals surface area contributed by atoms with Crippen LogP contribution < -0.4 is 15.5 Å². The number of piperidine rings is 1. The standard InChI is InChI=1S/C24H30F3N5S/c1-17-9-5-8-14-32(17)20-15-19(24(25,26)27)29-21(30-20)31-22(33)28-16-23(12-6-7-13-23)18-10-3-2-4-11-18/h2-4,10-11,15,17H,5-9,12-14,16H2,1H3,(H2,28,29,30,31,33)/t17-/m0/s1. The molecule has 0 spiro atoms. The summed E-state index contributed by atoms with van der Waals surface area (Å²) in [6.45, 7) is 3.30. The van der Waals surface area contributed by atoms with E-state index in [-0.39, 0.29) is 28.3 Å². The van der Waals surface area contributed by atoms with E-state index >= 15 is 0 Å². The number of benzene rings is 1. The van der Waals surface area contributed by atoms with Crippen LogP contribution in [0.2, 0.25) is 0 Å². The number of nitrogens with one attached hydrogen (secondary N) is 2. The van der Waals surface area contributed by atoms with Crippen molar-refractivity contribution < 1.29 is 13.2 Å². The molecule has 178 valence electrons. The summed E-state index contributed by atoms with van der Waals surface area (Å²) in [7, 11) is 0. The molecule has 4 rings (SSSR count). The van der Waals surface area contributed by atoms with E-state index in [1.807, 2.05) is 30.0 Å². The van der Waals surface area contributed by atoms with E-state index in [9.17, 15) is 13.2 Å². The lowest BCUT2D eigenvalue weighted by Gasteiger charge is -2.34. The van der Waals surface area contributed by atoms with Gasteiger partial charge in [0.05, 0.1) is 0 Å². The Balaban J connectivity index is 1.50. The van der Waals surface area contributed by atoms with Crippen molar-refractivity contribution in [1.82, 2.24) is 15.3 Å². The topological polar surface area (TPSA) is 53.1 Å². The third kappa shape index (κ3) is 5.57. The number of aromatic nitrogens is 2. The van der Waals surface area contributed by atoms with Gasteiger partial charge in [-0.1, -0.05) is 43.2 Å².